The lowest BCUT2D eigenvalue weighted by Crippen LogP contribution is -2.19. The lowest BCUT2D eigenvalue weighted by molar-refractivity contribution is 0.557. The average molecular weight is 402 g/mol. The van der Waals surface area contributed by atoms with Gasteiger partial charge in [-0.05, 0) is 49.2 Å². The predicted octanol–water partition coefficient (Wildman–Crippen LogP) is 3.11. The standard InChI is InChI=1S/C20H23FN4O2S/c1-14(22-12-16-5-4-6-17(11-16)13-28(3,26)27)20-15(2)25(24-23-20)19-9-7-18(21)8-10-19/h4-11,14,22H,12-13H2,1-3H3. The van der Waals surface area contributed by atoms with Crippen molar-refractivity contribution in [3.63, 3.8) is 0 Å². The third kappa shape index (κ3) is 5.02. The van der Waals surface area contributed by atoms with Gasteiger partial charge in [-0.15, -0.1) is 5.10 Å². The maximum absolute atomic E-state index is 13.1. The molecule has 6 nitrogen and oxygen atoms in total. The third-order valence-corrected chi connectivity index (χ3v) is 5.30. The zero-order valence-corrected chi connectivity index (χ0v) is 16.9. The van der Waals surface area contributed by atoms with Crippen LogP contribution in [0.4, 0.5) is 4.39 Å². The van der Waals surface area contributed by atoms with Crippen molar-refractivity contribution in [2.24, 2.45) is 0 Å². The number of nitrogens with one attached hydrogen (secondary N) is 1. The molecule has 28 heavy (non-hydrogen) atoms. The van der Waals surface area contributed by atoms with Crippen LogP contribution in [-0.4, -0.2) is 29.7 Å². The summed E-state index contributed by atoms with van der Waals surface area (Å²) in [4.78, 5) is 0. The zero-order chi connectivity index (χ0) is 20.3. The third-order valence-electron chi connectivity index (χ3n) is 4.44. The summed E-state index contributed by atoms with van der Waals surface area (Å²) in [5.41, 5.74) is 4.19. The smallest absolute Gasteiger partial charge is 0.151 e. The molecular formula is C20H23FN4O2S. The number of aromatic nitrogens is 3. The van der Waals surface area contributed by atoms with Crippen LogP contribution in [0.2, 0.25) is 0 Å². The fourth-order valence-electron chi connectivity index (χ4n) is 3.07. The van der Waals surface area contributed by atoms with E-state index in [1.807, 2.05) is 38.1 Å². The van der Waals surface area contributed by atoms with Crippen LogP contribution in [0.25, 0.3) is 5.69 Å². The molecule has 0 bridgehead atoms. The highest BCUT2D eigenvalue weighted by molar-refractivity contribution is 7.89. The Kier molecular flexibility index (Phi) is 5.90. The summed E-state index contributed by atoms with van der Waals surface area (Å²) in [5, 5.41) is 11.8. The molecule has 0 aliphatic heterocycles. The molecule has 0 fully saturated rings. The molecule has 3 aromatic rings. The van der Waals surface area contributed by atoms with Gasteiger partial charge >= 0.3 is 0 Å². The molecule has 0 amide bonds. The summed E-state index contributed by atoms with van der Waals surface area (Å²) in [5.74, 6) is -0.267. The van der Waals surface area contributed by atoms with Gasteiger partial charge in [0.25, 0.3) is 0 Å². The van der Waals surface area contributed by atoms with Gasteiger partial charge in [0.05, 0.1) is 23.2 Å². The number of sulfone groups is 1. The molecule has 1 atom stereocenters. The van der Waals surface area contributed by atoms with Crippen molar-refractivity contribution in [1.29, 1.82) is 0 Å². The van der Waals surface area contributed by atoms with Gasteiger partial charge in [0.2, 0.25) is 0 Å². The highest BCUT2D eigenvalue weighted by Gasteiger charge is 2.16. The quantitative estimate of drug-likeness (QED) is 0.657. The predicted molar refractivity (Wildman–Crippen MR) is 106 cm³/mol. The largest absolute Gasteiger partial charge is 0.305 e. The Morgan fingerprint density at radius 3 is 2.50 bits per heavy atom. The number of rotatable bonds is 7. The van der Waals surface area contributed by atoms with Crippen LogP contribution in [-0.2, 0) is 22.1 Å². The van der Waals surface area contributed by atoms with Gasteiger partial charge in [0.1, 0.15) is 11.5 Å². The van der Waals surface area contributed by atoms with Crippen molar-refractivity contribution in [2.75, 3.05) is 6.26 Å². The number of hydrogen-bond donors (Lipinski definition) is 1. The normalized spacial score (nSPS) is 12.9. The van der Waals surface area contributed by atoms with Crippen molar-refractivity contribution in [3.05, 3.63) is 76.9 Å². The summed E-state index contributed by atoms with van der Waals surface area (Å²) >= 11 is 0. The first-order chi connectivity index (χ1) is 13.2. The second-order valence-electron chi connectivity index (χ2n) is 6.94. The fraction of sp³-hybridized carbons (Fsp3) is 0.300. The van der Waals surface area contributed by atoms with Crippen LogP contribution in [0.3, 0.4) is 0 Å². The second kappa shape index (κ2) is 8.20. The van der Waals surface area contributed by atoms with Gasteiger partial charge in [-0.25, -0.2) is 17.5 Å². The molecule has 1 aromatic heterocycles. The number of halogens is 1. The maximum Gasteiger partial charge on any atom is 0.151 e. The second-order valence-corrected chi connectivity index (χ2v) is 9.08. The molecule has 0 aliphatic carbocycles. The van der Waals surface area contributed by atoms with Crippen molar-refractivity contribution < 1.29 is 12.8 Å². The Hall–Kier alpha value is -2.58. The molecule has 3 rings (SSSR count). The highest BCUT2D eigenvalue weighted by Crippen LogP contribution is 2.19. The summed E-state index contributed by atoms with van der Waals surface area (Å²) in [6.45, 7) is 4.48. The molecule has 0 aliphatic rings. The SMILES string of the molecule is Cc1c(C(C)NCc2cccc(CS(C)(=O)=O)c2)nnn1-c1ccc(F)cc1. The van der Waals surface area contributed by atoms with Gasteiger partial charge in [0.15, 0.2) is 9.84 Å². The van der Waals surface area contributed by atoms with Crippen LogP contribution < -0.4 is 5.32 Å². The molecule has 0 saturated carbocycles. The van der Waals surface area contributed by atoms with E-state index in [0.29, 0.717) is 6.54 Å². The van der Waals surface area contributed by atoms with Crippen LogP contribution in [0.5, 0.6) is 0 Å². The van der Waals surface area contributed by atoms with Gasteiger partial charge in [0, 0.05) is 12.8 Å². The minimum atomic E-state index is -3.07. The molecule has 0 spiro atoms. The topological polar surface area (TPSA) is 76.9 Å². The molecular weight excluding hydrogens is 379 g/mol. The van der Waals surface area contributed by atoms with Gasteiger partial charge in [-0.1, -0.05) is 29.5 Å². The van der Waals surface area contributed by atoms with Crippen molar-refractivity contribution >= 4 is 9.84 Å². The molecule has 1 heterocycles. The molecule has 0 saturated heterocycles. The lowest BCUT2D eigenvalue weighted by Gasteiger charge is -2.13. The highest BCUT2D eigenvalue weighted by atomic mass is 32.2. The molecule has 1 N–H and O–H groups in total. The Balaban J connectivity index is 1.70. The van der Waals surface area contributed by atoms with Crippen LogP contribution in [0.1, 0.15) is 35.5 Å². The van der Waals surface area contributed by atoms with Gasteiger partial charge in [-0.2, -0.15) is 0 Å². The minimum absolute atomic E-state index is 0.0293. The molecule has 2 aromatic carbocycles. The van der Waals surface area contributed by atoms with Crippen LogP contribution in [0, 0.1) is 12.7 Å². The molecule has 148 valence electrons. The van der Waals surface area contributed by atoms with Crippen LogP contribution >= 0.6 is 0 Å². The van der Waals surface area contributed by atoms with E-state index < -0.39 is 9.84 Å². The first-order valence-corrected chi connectivity index (χ1v) is 11.0. The van der Waals surface area contributed by atoms with Crippen molar-refractivity contribution in [1.82, 2.24) is 20.3 Å². The monoisotopic (exact) mass is 402 g/mol. The van der Waals surface area contributed by atoms with Gasteiger partial charge < -0.3 is 5.32 Å². The average Bonchev–Trinajstić information content (AvgIpc) is 3.01. The van der Waals surface area contributed by atoms with E-state index in [1.165, 1.54) is 18.4 Å². The van der Waals surface area contributed by atoms with E-state index in [0.717, 1.165) is 28.2 Å². The first kappa shape index (κ1) is 20.2. The van der Waals surface area contributed by atoms with E-state index in [1.54, 1.807) is 16.8 Å². The van der Waals surface area contributed by atoms with Gasteiger partial charge in [-0.3, -0.25) is 0 Å². The van der Waals surface area contributed by atoms with Crippen molar-refractivity contribution in [3.8, 4) is 5.69 Å². The minimum Gasteiger partial charge on any atom is -0.305 e. The molecule has 0 radical (unpaired) electrons. The van der Waals surface area contributed by atoms with E-state index >= 15 is 0 Å². The van der Waals surface area contributed by atoms with E-state index in [9.17, 15) is 12.8 Å². The van der Waals surface area contributed by atoms with Crippen LogP contribution in [0.15, 0.2) is 48.5 Å². The number of hydrogen-bond acceptors (Lipinski definition) is 5. The lowest BCUT2D eigenvalue weighted by atomic mass is 10.1. The summed E-state index contributed by atoms with van der Waals surface area (Å²) in [7, 11) is -3.07. The number of benzene rings is 2. The maximum atomic E-state index is 13.1. The molecule has 1 unspecified atom stereocenters. The molecule has 8 heteroatoms. The van der Waals surface area contributed by atoms with Crippen molar-refractivity contribution in [2.45, 2.75) is 32.2 Å². The number of nitrogens with zero attached hydrogens (tertiary/aromatic N) is 3. The Morgan fingerprint density at radius 2 is 1.82 bits per heavy atom. The van der Waals surface area contributed by atoms with E-state index in [4.69, 9.17) is 0 Å². The van der Waals surface area contributed by atoms with E-state index in [-0.39, 0.29) is 17.6 Å². The summed E-state index contributed by atoms with van der Waals surface area (Å²) in [6, 6.07) is 13.6. The Morgan fingerprint density at radius 1 is 1.14 bits per heavy atom. The Labute approximate surface area is 164 Å². The fourth-order valence-corrected chi connectivity index (χ4v) is 3.85. The Bertz CT molecular complexity index is 1060. The zero-order valence-electron chi connectivity index (χ0n) is 16.1. The first-order valence-electron chi connectivity index (χ1n) is 8.90. The summed E-state index contributed by atoms with van der Waals surface area (Å²) in [6.07, 6.45) is 1.23. The van der Waals surface area contributed by atoms with E-state index in [2.05, 4.69) is 15.6 Å². The summed E-state index contributed by atoms with van der Waals surface area (Å²) < 4.78 is 37.8.